The first-order valence-corrected chi connectivity index (χ1v) is 4.55. The summed E-state index contributed by atoms with van der Waals surface area (Å²) in [6.45, 7) is -1.01. The molecule has 16 heavy (non-hydrogen) atoms. The molecule has 0 atom stereocenters. The van der Waals surface area contributed by atoms with Crippen LogP contribution in [0.5, 0.6) is 0 Å². The van der Waals surface area contributed by atoms with Gasteiger partial charge < -0.3 is 4.57 Å². The highest BCUT2D eigenvalue weighted by molar-refractivity contribution is 5.81. The van der Waals surface area contributed by atoms with Gasteiger partial charge in [-0.15, -0.1) is 0 Å². The first-order chi connectivity index (χ1) is 7.49. The van der Waals surface area contributed by atoms with E-state index in [4.69, 9.17) is 5.26 Å². The van der Waals surface area contributed by atoms with E-state index in [1.165, 1.54) is 18.3 Å². The molecular weight excluding hydrogens is 217 g/mol. The fraction of sp³-hybridized carbons (Fsp3) is 0.182. The van der Waals surface area contributed by atoms with E-state index >= 15 is 0 Å². The van der Waals surface area contributed by atoms with Gasteiger partial charge in [0.25, 0.3) is 0 Å². The lowest BCUT2D eigenvalue weighted by molar-refractivity contribution is -0.139. The quantitative estimate of drug-likeness (QED) is 0.731. The molecule has 0 saturated carbocycles. The topological polar surface area (TPSA) is 28.7 Å². The third-order valence-electron chi connectivity index (χ3n) is 2.25. The molecule has 2 rings (SSSR count). The second kappa shape index (κ2) is 3.56. The average Bonchev–Trinajstić information content (AvgIpc) is 2.58. The molecule has 5 heteroatoms. The third kappa shape index (κ3) is 2.01. The highest BCUT2D eigenvalue weighted by Crippen LogP contribution is 2.23. The first kappa shape index (κ1) is 10.6. The minimum atomic E-state index is -4.24. The molecule has 0 amide bonds. The van der Waals surface area contributed by atoms with Crippen molar-refractivity contribution >= 4 is 10.9 Å². The maximum Gasteiger partial charge on any atom is 0.406 e. The minimum absolute atomic E-state index is 0.442. The number of alkyl halides is 3. The molecule has 0 N–H and O–H groups in total. The van der Waals surface area contributed by atoms with Crippen molar-refractivity contribution in [1.29, 1.82) is 5.26 Å². The molecule has 0 spiro atoms. The van der Waals surface area contributed by atoms with Crippen LogP contribution < -0.4 is 0 Å². The van der Waals surface area contributed by atoms with Crippen molar-refractivity contribution in [3.05, 3.63) is 36.0 Å². The van der Waals surface area contributed by atoms with Gasteiger partial charge in [0, 0.05) is 17.1 Å². The number of rotatable bonds is 1. The summed E-state index contributed by atoms with van der Waals surface area (Å²) in [6.07, 6.45) is -2.86. The van der Waals surface area contributed by atoms with Crippen molar-refractivity contribution in [3.8, 4) is 6.07 Å². The third-order valence-corrected chi connectivity index (χ3v) is 2.25. The first-order valence-electron chi connectivity index (χ1n) is 4.55. The molecule has 1 aromatic heterocycles. The Morgan fingerprint density at radius 2 is 2.00 bits per heavy atom. The van der Waals surface area contributed by atoms with E-state index < -0.39 is 12.7 Å². The molecule has 1 heterocycles. The molecule has 1 aromatic carbocycles. The van der Waals surface area contributed by atoms with Gasteiger partial charge in [0.1, 0.15) is 6.54 Å². The van der Waals surface area contributed by atoms with Crippen molar-refractivity contribution < 1.29 is 13.2 Å². The summed E-state index contributed by atoms with van der Waals surface area (Å²) in [6, 6.07) is 8.12. The zero-order valence-corrected chi connectivity index (χ0v) is 8.12. The van der Waals surface area contributed by atoms with Crippen LogP contribution in [0.2, 0.25) is 0 Å². The fourth-order valence-electron chi connectivity index (χ4n) is 1.60. The van der Waals surface area contributed by atoms with E-state index in [1.54, 1.807) is 12.1 Å². The average molecular weight is 224 g/mol. The Bertz CT molecular complexity index is 561. The van der Waals surface area contributed by atoms with Crippen LogP contribution in [0.4, 0.5) is 13.2 Å². The monoisotopic (exact) mass is 224 g/mol. The Morgan fingerprint density at radius 3 is 2.62 bits per heavy atom. The second-order valence-electron chi connectivity index (χ2n) is 3.44. The molecule has 0 unspecified atom stereocenters. The van der Waals surface area contributed by atoms with Gasteiger partial charge in [-0.25, -0.2) is 0 Å². The lowest BCUT2D eigenvalue weighted by Gasteiger charge is -2.08. The van der Waals surface area contributed by atoms with Gasteiger partial charge in [-0.3, -0.25) is 0 Å². The van der Waals surface area contributed by atoms with Gasteiger partial charge in [0.05, 0.1) is 11.6 Å². The molecule has 0 saturated heterocycles. The Hall–Kier alpha value is -1.96. The molecular formula is C11H7F3N2. The fourth-order valence-corrected chi connectivity index (χ4v) is 1.60. The molecule has 0 aliphatic heterocycles. The van der Waals surface area contributed by atoms with Crippen LogP contribution in [0.25, 0.3) is 10.9 Å². The van der Waals surface area contributed by atoms with Gasteiger partial charge in [-0.05, 0) is 24.3 Å². The normalized spacial score (nSPS) is 11.6. The molecule has 0 fully saturated rings. The summed E-state index contributed by atoms with van der Waals surface area (Å²) >= 11 is 0. The van der Waals surface area contributed by atoms with Crippen LogP contribution in [0.1, 0.15) is 5.56 Å². The summed E-state index contributed by atoms with van der Waals surface area (Å²) < 4.78 is 37.8. The number of nitriles is 1. The smallest absolute Gasteiger partial charge is 0.338 e. The van der Waals surface area contributed by atoms with Gasteiger partial charge >= 0.3 is 6.18 Å². The maximum atomic E-state index is 12.2. The number of hydrogen-bond donors (Lipinski definition) is 0. The van der Waals surface area contributed by atoms with E-state index in [2.05, 4.69) is 0 Å². The standard InChI is InChI=1S/C11H7F3N2/c12-11(13,14)7-16-4-3-9-5-8(6-15)1-2-10(9)16/h1-5H,7H2. The highest BCUT2D eigenvalue weighted by atomic mass is 19.4. The van der Waals surface area contributed by atoms with E-state index in [0.717, 1.165) is 4.57 Å². The Kier molecular flexibility index (Phi) is 2.35. The summed E-state index contributed by atoms with van der Waals surface area (Å²) in [7, 11) is 0. The molecule has 0 aliphatic rings. The zero-order valence-electron chi connectivity index (χ0n) is 8.12. The molecule has 82 valence electrons. The van der Waals surface area contributed by atoms with Crippen molar-refractivity contribution in [1.82, 2.24) is 4.57 Å². The molecule has 0 bridgehead atoms. The second-order valence-corrected chi connectivity index (χ2v) is 3.44. The molecule has 2 aromatic rings. The minimum Gasteiger partial charge on any atom is -0.338 e. The number of nitrogens with zero attached hydrogens (tertiary/aromatic N) is 2. The van der Waals surface area contributed by atoms with Crippen molar-refractivity contribution in [2.45, 2.75) is 12.7 Å². The van der Waals surface area contributed by atoms with Crippen molar-refractivity contribution in [3.63, 3.8) is 0 Å². The summed E-state index contributed by atoms with van der Waals surface area (Å²) in [5.41, 5.74) is 0.925. The largest absolute Gasteiger partial charge is 0.406 e. The zero-order chi connectivity index (χ0) is 11.8. The van der Waals surface area contributed by atoms with Crippen LogP contribution in [-0.2, 0) is 6.54 Å². The van der Waals surface area contributed by atoms with Gasteiger partial charge in [0.15, 0.2) is 0 Å². The Balaban J connectivity index is 2.47. The number of aromatic nitrogens is 1. The molecule has 2 nitrogen and oxygen atoms in total. The predicted octanol–water partition coefficient (Wildman–Crippen LogP) is 3.08. The maximum absolute atomic E-state index is 12.2. The summed E-state index contributed by atoms with van der Waals surface area (Å²) in [5, 5.41) is 9.30. The van der Waals surface area contributed by atoms with Gasteiger partial charge in [-0.2, -0.15) is 18.4 Å². The number of halogens is 3. The van der Waals surface area contributed by atoms with Crippen LogP contribution in [-0.4, -0.2) is 10.7 Å². The van der Waals surface area contributed by atoms with Crippen LogP contribution in [0.3, 0.4) is 0 Å². The number of benzene rings is 1. The van der Waals surface area contributed by atoms with Gasteiger partial charge in [0.2, 0.25) is 0 Å². The highest BCUT2D eigenvalue weighted by Gasteiger charge is 2.28. The Morgan fingerprint density at radius 1 is 1.25 bits per heavy atom. The lowest BCUT2D eigenvalue weighted by Crippen LogP contribution is -2.16. The van der Waals surface area contributed by atoms with Crippen LogP contribution >= 0.6 is 0 Å². The lowest BCUT2D eigenvalue weighted by atomic mass is 10.2. The van der Waals surface area contributed by atoms with Crippen molar-refractivity contribution in [2.24, 2.45) is 0 Å². The SMILES string of the molecule is N#Cc1ccc2c(ccn2CC(F)(F)F)c1. The summed E-state index contributed by atoms with van der Waals surface area (Å²) in [5.74, 6) is 0. The van der Waals surface area contributed by atoms with E-state index in [9.17, 15) is 13.2 Å². The molecule has 0 radical (unpaired) electrons. The van der Waals surface area contributed by atoms with Gasteiger partial charge in [-0.1, -0.05) is 0 Å². The van der Waals surface area contributed by atoms with E-state index in [0.29, 0.717) is 16.5 Å². The van der Waals surface area contributed by atoms with Crippen LogP contribution in [0.15, 0.2) is 30.5 Å². The summed E-state index contributed by atoms with van der Waals surface area (Å²) in [4.78, 5) is 0. The predicted molar refractivity (Wildman–Crippen MR) is 52.7 cm³/mol. The van der Waals surface area contributed by atoms with Crippen LogP contribution in [0, 0.1) is 11.3 Å². The van der Waals surface area contributed by atoms with E-state index in [1.807, 2.05) is 6.07 Å². The van der Waals surface area contributed by atoms with E-state index in [-0.39, 0.29) is 0 Å². The molecule has 0 aliphatic carbocycles. The number of hydrogen-bond acceptors (Lipinski definition) is 1. The van der Waals surface area contributed by atoms with Crippen molar-refractivity contribution in [2.75, 3.05) is 0 Å². The number of fused-ring (bicyclic) bond motifs is 1. The Labute approximate surface area is 89.5 Å².